The number of hydrogen-bond acceptors (Lipinski definition) is 7. The minimum atomic E-state index is -0.904. The number of fused-ring (bicyclic) bond motifs is 1. The van der Waals surface area contributed by atoms with Crippen LogP contribution < -0.4 is 5.69 Å². The van der Waals surface area contributed by atoms with Gasteiger partial charge in [0.1, 0.15) is 18.6 Å². The summed E-state index contributed by atoms with van der Waals surface area (Å²) in [6.45, 7) is 5.94. The minimum Gasteiger partial charge on any atom is -0.445 e. The molecular weight excluding hydrogens is 692 g/mol. The topological polar surface area (TPSA) is 94.1 Å². The Bertz CT molecular complexity index is 1540. The lowest BCUT2D eigenvalue weighted by Crippen LogP contribution is -2.69. The van der Waals surface area contributed by atoms with Gasteiger partial charge in [-0.1, -0.05) is 18.2 Å². The summed E-state index contributed by atoms with van der Waals surface area (Å²) in [6.07, 6.45) is 3.99. The maximum absolute atomic E-state index is 13.9. The molecule has 44 heavy (non-hydrogen) atoms. The number of amides is 1. The molecule has 6 rings (SSSR count). The number of H-pyrrole nitrogens is 1. The van der Waals surface area contributed by atoms with Crippen molar-refractivity contribution in [3.8, 4) is 0 Å². The second-order valence-electron chi connectivity index (χ2n) is 12.3. The molecule has 0 spiro atoms. The highest BCUT2D eigenvalue weighted by atomic mass is 79.9. The van der Waals surface area contributed by atoms with E-state index in [-0.39, 0.29) is 24.8 Å². The number of hydrogen-bond donors (Lipinski definition) is 1. The molecule has 0 bridgehead atoms. The Kier molecular flexibility index (Phi) is 9.63. The van der Waals surface area contributed by atoms with Gasteiger partial charge in [0.05, 0.1) is 11.0 Å². The number of carbonyl (C=O) groups is 2. The lowest BCUT2D eigenvalue weighted by atomic mass is 9.86. The highest BCUT2D eigenvalue weighted by molar-refractivity contribution is 9.13. The Labute approximate surface area is 274 Å². The Balaban J connectivity index is 1.28. The van der Waals surface area contributed by atoms with Crippen LogP contribution in [0.5, 0.6) is 0 Å². The number of ether oxygens (including phenoxy) is 1. The molecule has 3 aliphatic heterocycles. The van der Waals surface area contributed by atoms with Crippen LogP contribution in [0.25, 0.3) is 11.0 Å². The fourth-order valence-electron chi connectivity index (χ4n) is 7.47. The molecule has 236 valence electrons. The molecule has 0 radical (unpaired) electrons. The van der Waals surface area contributed by atoms with Crippen molar-refractivity contribution in [2.75, 3.05) is 52.9 Å². The predicted molar refractivity (Wildman–Crippen MR) is 177 cm³/mol. The Morgan fingerprint density at radius 1 is 0.977 bits per heavy atom. The van der Waals surface area contributed by atoms with Crippen LogP contribution in [0.1, 0.15) is 43.7 Å². The molecule has 3 aromatic rings. The van der Waals surface area contributed by atoms with Gasteiger partial charge in [-0.05, 0) is 101 Å². The van der Waals surface area contributed by atoms with Gasteiger partial charge in [0, 0.05) is 66.6 Å². The molecule has 1 amide bonds. The summed E-state index contributed by atoms with van der Waals surface area (Å²) in [7, 11) is 2.18. The van der Waals surface area contributed by atoms with Crippen LogP contribution in [-0.4, -0.2) is 106 Å². The van der Waals surface area contributed by atoms with Crippen molar-refractivity contribution in [1.82, 2.24) is 29.2 Å². The van der Waals surface area contributed by atoms with Crippen molar-refractivity contribution in [2.45, 2.75) is 56.5 Å². The zero-order valence-electron chi connectivity index (χ0n) is 25.1. The number of piperidine rings is 2. The predicted octanol–water partition coefficient (Wildman–Crippen LogP) is 4.83. The second-order valence-corrected chi connectivity index (χ2v) is 14.0. The van der Waals surface area contributed by atoms with E-state index in [9.17, 15) is 14.4 Å². The van der Waals surface area contributed by atoms with E-state index in [1.807, 2.05) is 47.0 Å². The number of piperazine rings is 1. The summed E-state index contributed by atoms with van der Waals surface area (Å²) < 4.78 is 9.55. The summed E-state index contributed by atoms with van der Waals surface area (Å²) in [5, 5.41) is 0. The molecule has 3 saturated heterocycles. The molecule has 1 aromatic heterocycles. The van der Waals surface area contributed by atoms with E-state index in [0.29, 0.717) is 25.4 Å². The van der Waals surface area contributed by atoms with Crippen molar-refractivity contribution in [2.24, 2.45) is 0 Å². The van der Waals surface area contributed by atoms with Gasteiger partial charge in [0.25, 0.3) is 0 Å². The zero-order chi connectivity index (χ0) is 30.8. The first-order valence-corrected chi connectivity index (χ1v) is 17.1. The van der Waals surface area contributed by atoms with E-state index in [2.05, 4.69) is 58.6 Å². The fourth-order valence-corrected chi connectivity index (χ4v) is 8.14. The van der Waals surface area contributed by atoms with Crippen LogP contribution in [0.4, 0.5) is 4.79 Å². The van der Waals surface area contributed by atoms with Gasteiger partial charge in [-0.15, -0.1) is 0 Å². The molecule has 0 aliphatic carbocycles. The number of nitrogens with zero attached hydrogens (tertiary/aromatic N) is 5. The number of para-hydroxylation sites is 2. The number of aromatic amines is 1. The maximum Gasteiger partial charge on any atom is 0.411 e. The SMILES string of the molecule is CN1CCC(N2CCN([C@]3(CC=O)C[C@H](n4c(=O)[nH]c5ccccc54)CCN3C(=O)OCc3ccc(Br)c(Br)c3)CC2)CC1. The molecule has 4 heterocycles. The molecule has 0 saturated carbocycles. The van der Waals surface area contributed by atoms with Crippen LogP contribution in [-0.2, 0) is 16.1 Å². The van der Waals surface area contributed by atoms with E-state index in [1.54, 1.807) is 4.90 Å². The van der Waals surface area contributed by atoms with Gasteiger partial charge < -0.3 is 19.4 Å². The molecule has 3 aliphatic rings. The average molecular weight is 733 g/mol. The third-order valence-electron chi connectivity index (χ3n) is 9.82. The van der Waals surface area contributed by atoms with E-state index < -0.39 is 11.8 Å². The van der Waals surface area contributed by atoms with Gasteiger partial charge >= 0.3 is 11.8 Å². The van der Waals surface area contributed by atoms with Crippen molar-refractivity contribution in [3.05, 3.63) is 67.5 Å². The first kappa shape index (κ1) is 31.5. The number of aldehydes is 1. The van der Waals surface area contributed by atoms with E-state index >= 15 is 0 Å². The van der Waals surface area contributed by atoms with Crippen LogP contribution in [0.3, 0.4) is 0 Å². The monoisotopic (exact) mass is 730 g/mol. The Morgan fingerprint density at radius 3 is 2.43 bits per heavy atom. The van der Waals surface area contributed by atoms with Gasteiger partial charge in [-0.2, -0.15) is 0 Å². The summed E-state index contributed by atoms with van der Waals surface area (Å²) in [4.78, 5) is 51.7. The largest absolute Gasteiger partial charge is 0.445 e. The lowest BCUT2D eigenvalue weighted by molar-refractivity contribution is -0.129. The summed E-state index contributed by atoms with van der Waals surface area (Å²) in [5.41, 5.74) is 1.42. The van der Waals surface area contributed by atoms with Crippen LogP contribution in [0, 0.1) is 0 Å². The van der Waals surface area contributed by atoms with Crippen molar-refractivity contribution in [3.63, 3.8) is 0 Å². The standard InChI is InChI=1S/C32H40Br2N6O4/c1-36-12-8-24(9-13-36)37-15-17-38(18-16-37)32(11-19-41)21-25(40-29-5-3-2-4-28(29)35-30(40)42)10-14-39(32)31(43)44-22-23-6-7-26(33)27(34)20-23/h2-7,19-20,24-25H,8-18,21-22H2,1H3,(H,35,42)/t25-,32+/m1/s1. The summed E-state index contributed by atoms with van der Waals surface area (Å²) >= 11 is 7.01. The minimum absolute atomic E-state index is 0.119. The molecule has 0 unspecified atom stereocenters. The van der Waals surface area contributed by atoms with Crippen molar-refractivity contribution >= 4 is 55.3 Å². The van der Waals surface area contributed by atoms with E-state index in [1.165, 1.54) is 0 Å². The van der Waals surface area contributed by atoms with Gasteiger partial charge in [0.15, 0.2) is 0 Å². The second kappa shape index (κ2) is 13.5. The number of aromatic nitrogens is 2. The third kappa shape index (κ3) is 6.28. The van der Waals surface area contributed by atoms with E-state index in [0.717, 1.165) is 83.9 Å². The fraction of sp³-hybridized carbons (Fsp3) is 0.531. The molecule has 12 heteroatoms. The summed E-state index contributed by atoms with van der Waals surface area (Å²) in [6, 6.07) is 13.8. The maximum atomic E-state index is 13.9. The average Bonchev–Trinajstić information content (AvgIpc) is 3.37. The molecule has 1 N–H and O–H groups in total. The summed E-state index contributed by atoms with van der Waals surface area (Å²) in [5.74, 6) is 0. The number of likely N-dealkylation sites (tertiary alicyclic amines) is 2. The van der Waals surface area contributed by atoms with Gasteiger partial charge in [0.2, 0.25) is 0 Å². The third-order valence-corrected chi connectivity index (χ3v) is 11.7. The highest BCUT2D eigenvalue weighted by Gasteiger charge is 2.51. The quantitative estimate of drug-likeness (QED) is 0.349. The zero-order valence-corrected chi connectivity index (χ0v) is 28.3. The van der Waals surface area contributed by atoms with Crippen LogP contribution in [0.2, 0.25) is 0 Å². The number of halogens is 2. The number of benzene rings is 2. The number of carbonyl (C=O) groups excluding carboxylic acids is 2. The normalized spacial score (nSPS) is 24.5. The number of imidazole rings is 1. The van der Waals surface area contributed by atoms with Gasteiger partial charge in [-0.25, -0.2) is 9.59 Å². The molecule has 2 atom stereocenters. The number of rotatable bonds is 7. The Morgan fingerprint density at radius 2 is 1.70 bits per heavy atom. The first-order chi connectivity index (χ1) is 21.3. The van der Waals surface area contributed by atoms with Crippen molar-refractivity contribution in [1.29, 1.82) is 0 Å². The highest BCUT2D eigenvalue weighted by Crippen LogP contribution is 2.41. The molecular formula is C32H40Br2N6O4. The number of nitrogens with one attached hydrogen (secondary N) is 1. The molecule has 3 fully saturated rings. The van der Waals surface area contributed by atoms with Gasteiger partial charge in [-0.3, -0.25) is 19.3 Å². The van der Waals surface area contributed by atoms with E-state index in [4.69, 9.17) is 4.74 Å². The van der Waals surface area contributed by atoms with Crippen LogP contribution >= 0.6 is 31.9 Å². The lowest BCUT2D eigenvalue weighted by Gasteiger charge is -2.56. The molecule has 2 aromatic carbocycles. The van der Waals surface area contributed by atoms with Crippen LogP contribution in [0.15, 0.2) is 56.2 Å². The molecule has 10 nitrogen and oxygen atoms in total. The Hall–Kier alpha value is -2.51. The smallest absolute Gasteiger partial charge is 0.411 e. The van der Waals surface area contributed by atoms with Crippen molar-refractivity contribution < 1.29 is 14.3 Å². The first-order valence-electron chi connectivity index (χ1n) is 15.5.